The van der Waals surface area contributed by atoms with Crippen LogP contribution in [-0.2, 0) is 30.2 Å². The Bertz CT molecular complexity index is 696. The Labute approximate surface area is 189 Å². The summed E-state index contributed by atoms with van der Waals surface area (Å²) in [6.07, 6.45) is 5.72. The van der Waals surface area contributed by atoms with Crippen molar-refractivity contribution in [3.8, 4) is 5.75 Å². The van der Waals surface area contributed by atoms with Crippen LogP contribution in [-0.4, -0.2) is 66.7 Å². The quantitative estimate of drug-likeness (QED) is 0.445. The summed E-state index contributed by atoms with van der Waals surface area (Å²) in [5.41, 5.74) is 0.609. The normalized spacial score (nSPS) is 19.6. The second-order valence-corrected chi connectivity index (χ2v) is 8.97. The van der Waals surface area contributed by atoms with Crippen LogP contribution in [0, 0.1) is 5.92 Å². The van der Waals surface area contributed by atoms with E-state index in [4.69, 9.17) is 18.9 Å². The highest BCUT2D eigenvalue weighted by atomic mass is 32.2. The molecule has 0 unspecified atom stereocenters. The lowest BCUT2D eigenvalue weighted by atomic mass is 9.89. The predicted octanol–water partition coefficient (Wildman–Crippen LogP) is 3.24. The molecule has 174 valence electrons. The highest BCUT2D eigenvalue weighted by Gasteiger charge is 2.26. The minimum atomic E-state index is -0.662. The highest BCUT2D eigenvalue weighted by molar-refractivity contribution is 8.13. The number of pyridine rings is 1. The number of nitrogens with zero attached hydrogens (tertiary/aromatic N) is 2. The SMILES string of the molecule is COCO[C@H](CSC(C)=O)N(COC)C(=O)Cc1cc(OC2CCC(C)CC2)ccn1. The Morgan fingerprint density at radius 3 is 2.61 bits per heavy atom. The number of methoxy groups -OCH3 is 2. The number of carbonyl (C=O) groups is 2. The van der Waals surface area contributed by atoms with Crippen molar-refractivity contribution < 1.29 is 28.5 Å². The molecule has 1 aromatic rings. The van der Waals surface area contributed by atoms with Crippen molar-refractivity contribution in [1.29, 1.82) is 0 Å². The average Bonchev–Trinajstić information content (AvgIpc) is 2.74. The van der Waals surface area contributed by atoms with Gasteiger partial charge in [-0.1, -0.05) is 18.7 Å². The largest absolute Gasteiger partial charge is 0.490 e. The number of hydrogen-bond acceptors (Lipinski definition) is 8. The van der Waals surface area contributed by atoms with Crippen molar-refractivity contribution in [3.63, 3.8) is 0 Å². The van der Waals surface area contributed by atoms with Gasteiger partial charge in [-0.15, -0.1) is 0 Å². The number of ether oxygens (including phenoxy) is 4. The summed E-state index contributed by atoms with van der Waals surface area (Å²) < 4.78 is 21.9. The van der Waals surface area contributed by atoms with Gasteiger partial charge in [0.2, 0.25) is 5.91 Å². The van der Waals surface area contributed by atoms with E-state index in [9.17, 15) is 9.59 Å². The van der Waals surface area contributed by atoms with Crippen LogP contribution in [0.3, 0.4) is 0 Å². The third-order valence-electron chi connectivity index (χ3n) is 5.13. The third kappa shape index (κ3) is 9.14. The van der Waals surface area contributed by atoms with Gasteiger partial charge < -0.3 is 18.9 Å². The van der Waals surface area contributed by atoms with Gasteiger partial charge in [0.15, 0.2) is 5.12 Å². The maximum absolute atomic E-state index is 13.0. The molecule has 2 rings (SSSR count). The van der Waals surface area contributed by atoms with Gasteiger partial charge in [-0.05, 0) is 37.7 Å². The molecule has 0 saturated heterocycles. The molecule has 1 heterocycles. The van der Waals surface area contributed by atoms with Gasteiger partial charge in [-0.3, -0.25) is 19.5 Å². The van der Waals surface area contributed by atoms with E-state index in [0.29, 0.717) is 5.69 Å². The van der Waals surface area contributed by atoms with E-state index in [1.165, 1.54) is 38.9 Å². The number of amides is 1. The molecular formula is C22H34N2O6S. The molecular weight excluding hydrogens is 420 g/mol. The van der Waals surface area contributed by atoms with Crippen LogP contribution in [0.25, 0.3) is 0 Å². The van der Waals surface area contributed by atoms with Gasteiger partial charge >= 0.3 is 0 Å². The van der Waals surface area contributed by atoms with E-state index in [2.05, 4.69) is 11.9 Å². The molecule has 1 amide bonds. The first-order valence-electron chi connectivity index (χ1n) is 10.6. The molecule has 0 aromatic carbocycles. The number of carbonyl (C=O) groups excluding carboxylic acids is 2. The molecule has 1 aromatic heterocycles. The van der Waals surface area contributed by atoms with Gasteiger partial charge in [0.25, 0.3) is 0 Å². The van der Waals surface area contributed by atoms with Crippen molar-refractivity contribution in [1.82, 2.24) is 9.88 Å². The van der Waals surface area contributed by atoms with Gasteiger partial charge in [0, 0.05) is 39.2 Å². The Kier molecular flexibility index (Phi) is 11.3. The van der Waals surface area contributed by atoms with E-state index in [0.717, 1.165) is 36.3 Å². The van der Waals surface area contributed by atoms with Crippen LogP contribution in [0.2, 0.25) is 0 Å². The monoisotopic (exact) mass is 454 g/mol. The summed E-state index contributed by atoms with van der Waals surface area (Å²) in [5.74, 6) is 1.55. The lowest BCUT2D eigenvalue weighted by molar-refractivity contribution is -0.167. The zero-order valence-electron chi connectivity index (χ0n) is 18.9. The van der Waals surface area contributed by atoms with Crippen molar-refractivity contribution in [2.75, 3.05) is 33.5 Å². The smallest absolute Gasteiger partial charge is 0.232 e. The van der Waals surface area contributed by atoms with Gasteiger partial charge in [0.05, 0.1) is 18.2 Å². The highest BCUT2D eigenvalue weighted by Crippen LogP contribution is 2.27. The first-order valence-corrected chi connectivity index (χ1v) is 11.5. The van der Waals surface area contributed by atoms with Crippen LogP contribution >= 0.6 is 11.8 Å². The van der Waals surface area contributed by atoms with Gasteiger partial charge in [-0.2, -0.15) is 0 Å². The summed E-state index contributed by atoms with van der Waals surface area (Å²) in [5, 5.41) is -0.0561. The molecule has 1 aliphatic carbocycles. The number of aromatic nitrogens is 1. The van der Waals surface area contributed by atoms with Crippen molar-refractivity contribution >= 4 is 22.8 Å². The van der Waals surface area contributed by atoms with Crippen molar-refractivity contribution in [3.05, 3.63) is 24.0 Å². The fourth-order valence-corrected chi connectivity index (χ4v) is 4.09. The zero-order chi connectivity index (χ0) is 22.6. The second kappa shape index (κ2) is 13.7. The summed E-state index contributed by atoms with van der Waals surface area (Å²) >= 11 is 1.09. The molecule has 0 N–H and O–H groups in total. The fraction of sp³-hybridized carbons (Fsp3) is 0.682. The van der Waals surface area contributed by atoms with Crippen molar-refractivity contribution in [2.45, 2.75) is 58.3 Å². The minimum Gasteiger partial charge on any atom is -0.490 e. The maximum atomic E-state index is 13.0. The molecule has 31 heavy (non-hydrogen) atoms. The number of hydrogen-bond donors (Lipinski definition) is 0. The van der Waals surface area contributed by atoms with E-state index >= 15 is 0 Å². The molecule has 1 fully saturated rings. The first-order chi connectivity index (χ1) is 14.9. The summed E-state index contributed by atoms with van der Waals surface area (Å²) in [6, 6.07) is 3.64. The van der Waals surface area contributed by atoms with Gasteiger partial charge in [0.1, 0.15) is 25.5 Å². The summed E-state index contributed by atoms with van der Waals surface area (Å²) in [7, 11) is 3.00. The molecule has 1 atom stereocenters. The van der Waals surface area contributed by atoms with Crippen LogP contribution < -0.4 is 4.74 Å². The Hall–Kier alpha value is -1.68. The number of rotatable bonds is 12. The van der Waals surface area contributed by atoms with E-state index in [1.54, 1.807) is 6.20 Å². The van der Waals surface area contributed by atoms with E-state index < -0.39 is 6.23 Å². The van der Waals surface area contributed by atoms with E-state index in [-0.39, 0.29) is 42.8 Å². The van der Waals surface area contributed by atoms with Gasteiger partial charge in [-0.25, -0.2) is 0 Å². The lowest BCUT2D eigenvalue weighted by Gasteiger charge is -2.30. The van der Waals surface area contributed by atoms with Crippen LogP contribution in [0.4, 0.5) is 0 Å². The summed E-state index contributed by atoms with van der Waals surface area (Å²) in [6.45, 7) is 3.78. The Morgan fingerprint density at radius 2 is 1.97 bits per heavy atom. The summed E-state index contributed by atoms with van der Waals surface area (Å²) in [4.78, 5) is 30.2. The minimum absolute atomic E-state index is 0.00178. The molecule has 0 spiro atoms. The lowest BCUT2D eigenvalue weighted by Crippen LogP contribution is -2.46. The van der Waals surface area contributed by atoms with Crippen LogP contribution in [0.15, 0.2) is 18.3 Å². The topological polar surface area (TPSA) is 87.2 Å². The van der Waals surface area contributed by atoms with E-state index in [1.807, 2.05) is 12.1 Å². The molecule has 0 bridgehead atoms. The van der Waals surface area contributed by atoms with Crippen LogP contribution in [0.5, 0.6) is 5.75 Å². The average molecular weight is 455 g/mol. The maximum Gasteiger partial charge on any atom is 0.232 e. The molecule has 0 aliphatic heterocycles. The predicted molar refractivity (Wildman–Crippen MR) is 119 cm³/mol. The molecule has 1 aliphatic rings. The number of thioether (sulfide) groups is 1. The van der Waals surface area contributed by atoms with Crippen LogP contribution in [0.1, 0.15) is 45.2 Å². The standard InChI is InChI=1S/C22H34N2O6S/c1-16-5-7-19(8-6-16)30-20-9-10-23-18(11-20)12-21(26)24(14-27-3)22(29-15-28-4)13-31-17(2)25/h9-11,16,19,22H,5-8,12-15H2,1-4H3/t16?,19?,22-/m1/s1. The van der Waals surface area contributed by atoms with Crippen molar-refractivity contribution in [2.24, 2.45) is 5.92 Å². The molecule has 8 nitrogen and oxygen atoms in total. The molecule has 0 radical (unpaired) electrons. The third-order valence-corrected chi connectivity index (χ3v) is 5.99. The first kappa shape index (κ1) is 25.6. The Balaban J connectivity index is 2.03. The molecule has 9 heteroatoms. The second-order valence-electron chi connectivity index (χ2n) is 7.77. The molecule has 1 saturated carbocycles. The Morgan fingerprint density at radius 1 is 1.23 bits per heavy atom. The fourth-order valence-electron chi connectivity index (χ4n) is 3.44. The zero-order valence-corrected chi connectivity index (χ0v) is 19.7.